The van der Waals surface area contributed by atoms with E-state index in [9.17, 15) is 18.0 Å². The summed E-state index contributed by atoms with van der Waals surface area (Å²) in [4.78, 5) is 11.8. The molecule has 0 saturated heterocycles. The Hall–Kier alpha value is -2.58. The van der Waals surface area contributed by atoms with Gasteiger partial charge in [-0.05, 0) is 31.0 Å². The normalized spacial score (nSPS) is 14.5. The van der Waals surface area contributed by atoms with Crippen LogP contribution in [0.1, 0.15) is 30.3 Å². The van der Waals surface area contributed by atoms with Crippen molar-refractivity contribution in [2.75, 3.05) is 11.9 Å². The smallest absolute Gasteiger partial charge is 0.376 e. The minimum absolute atomic E-state index is 0.126. The van der Waals surface area contributed by atoms with Crippen molar-refractivity contribution >= 4 is 11.6 Å². The number of nitrogens with zero attached hydrogens (tertiary/aromatic N) is 3. The molecule has 1 amide bonds. The molecule has 1 aromatic heterocycles. The van der Waals surface area contributed by atoms with Crippen LogP contribution in [0.25, 0.3) is 0 Å². The van der Waals surface area contributed by atoms with E-state index in [2.05, 4.69) is 20.8 Å². The maximum atomic E-state index is 12.6. The van der Waals surface area contributed by atoms with Gasteiger partial charge in [-0.25, -0.2) is 0 Å². The van der Waals surface area contributed by atoms with E-state index in [0.717, 1.165) is 25.0 Å². The van der Waals surface area contributed by atoms with E-state index >= 15 is 0 Å². The maximum absolute atomic E-state index is 12.6. The molecule has 0 atom stereocenters. The molecular weight excluding hydrogens is 323 g/mol. The second-order valence-electron chi connectivity index (χ2n) is 5.59. The van der Waals surface area contributed by atoms with Crippen molar-refractivity contribution in [3.8, 4) is 0 Å². The van der Waals surface area contributed by atoms with E-state index in [0.29, 0.717) is 11.9 Å². The first kappa shape index (κ1) is 16.3. The fraction of sp³-hybridized carbons (Fsp3) is 0.400. The number of carbonyl (C=O) groups excluding carboxylic acids is 1. The molecule has 0 aliphatic heterocycles. The highest BCUT2D eigenvalue weighted by molar-refractivity contribution is 5.80. The van der Waals surface area contributed by atoms with Gasteiger partial charge in [-0.3, -0.25) is 4.79 Å². The first-order chi connectivity index (χ1) is 11.4. The van der Waals surface area contributed by atoms with Gasteiger partial charge in [-0.2, -0.15) is 13.2 Å². The van der Waals surface area contributed by atoms with Crippen LogP contribution in [0.2, 0.25) is 0 Å². The Morgan fingerprint density at radius 3 is 2.83 bits per heavy atom. The SMILES string of the molecule is O=C(CNc1cccc(C(F)(F)F)c1)NCc1nncn1C1CC1. The Bertz CT molecular complexity index is 724. The molecule has 0 unspecified atom stereocenters. The van der Waals surface area contributed by atoms with Crippen LogP contribution in [0, 0.1) is 0 Å². The predicted octanol–water partition coefficient (Wildman–Crippen LogP) is 2.36. The molecule has 1 heterocycles. The number of rotatable bonds is 6. The highest BCUT2D eigenvalue weighted by Gasteiger charge is 2.30. The average molecular weight is 339 g/mol. The average Bonchev–Trinajstić information content (AvgIpc) is 3.29. The van der Waals surface area contributed by atoms with Crippen LogP contribution in [-0.4, -0.2) is 27.2 Å². The van der Waals surface area contributed by atoms with Gasteiger partial charge in [-0.15, -0.1) is 10.2 Å². The lowest BCUT2D eigenvalue weighted by Crippen LogP contribution is -2.30. The van der Waals surface area contributed by atoms with Gasteiger partial charge in [0, 0.05) is 11.7 Å². The molecule has 1 aromatic carbocycles. The molecule has 6 nitrogen and oxygen atoms in total. The summed E-state index contributed by atoms with van der Waals surface area (Å²) in [6, 6.07) is 5.13. The molecule has 2 aromatic rings. The van der Waals surface area contributed by atoms with Crippen LogP contribution in [0.5, 0.6) is 0 Å². The van der Waals surface area contributed by atoms with Gasteiger partial charge < -0.3 is 15.2 Å². The topological polar surface area (TPSA) is 71.8 Å². The Balaban J connectivity index is 1.50. The molecule has 1 saturated carbocycles. The summed E-state index contributed by atoms with van der Waals surface area (Å²) in [5.41, 5.74) is -0.522. The molecular formula is C15H16F3N5O. The fourth-order valence-corrected chi connectivity index (χ4v) is 2.28. The van der Waals surface area contributed by atoms with Gasteiger partial charge >= 0.3 is 6.18 Å². The van der Waals surface area contributed by atoms with Crippen molar-refractivity contribution in [2.24, 2.45) is 0 Å². The van der Waals surface area contributed by atoms with E-state index in [1.807, 2.05) is 4.57 Å². The zero-order valence-corrected chi connectivity index (χ0v) is 12.7. The molecule has 0 spiro atoms. The van der Waals surface area contributed by atoms with Crippen molar-refractivity contribution in [1.29, 1.82) is 0 Å². The summed E-state index contributed by atoms with van der Waals surface area (Å²) in [5.74, 6) is 0.336. The summed E-state index contributed by atoms with van der Waals surface area (Å²) >= 11 is 0. The van der Waals surface area contributed by atoms with Gasteiger partial charge in [0.25, 0.3) is 0 Å². The number of carbonyl (C=O) groups is 1. The molecule has 3 rings (SSSR count). The summed E-state index contributed by atoms with van der Waals surface area (Å²) in [7, 11) is 0. The Labute approximate surface area is 136 Å². The maximum Gasteiger partial charge on any atom is 0.416 e. The number of hydrogen-bond donors (Lipinski definition) is 2. The van der Waals surface area contributed by atoms with E-state index in [-0.39, 0.29) is 24.7 Å². The number of halogens is 3. The number of alkyl halides is 3. The number of anilines is 1. The van der Waals surface area contributed by atoms with E-state index in [4.69, 9.17) is 0 Å². The van der Waals surface area contributed by atoms with E-state index < -0.39 is 11.7 Å². The van der Waals surface area contributed by atoms with E-state index in [1.165, 1.54) is 12.1 Å². The second kappa shape index (κ2) is 6.50. The lowest BCUT2D eigenvalue weighted by atomic mass is 10.2. The van der Waals surface area contributed by atoms with Crippen LogP contribution < -0.4 is 10.6 Å². The van der Waals surface area contributed by atoms with Crippen LogP contribution in [0.3, 0.4) is 0 Å². The highest BCUT2D eigenvalue weighted by Crippen LogP contribution is 2.35. The van der Waals surface area contributed by atoms with Crippen molar-refractivity contribution in [3.05, 3.63) is 42.0 Å². The molecule has 9 heteroatoms. The number of aromatic nitrogens is 3. The van der Waals surface area contributed by atoms with Crippen molar-refractivity contribution in [2.45, 2.75) is 31.6 Å². The summed E-state index contributed by atoms with van der Waals surface area (Å²) in [5, 5.41) is 13.1. The largest absolute Gasteiger partial charge is 0.416 e. The van der Waals surface area contributed by atoms with Crippen LogP contribution in [-0.2, 0) is 17.5 Å². The molecule has 24 heavy (non-hydrogen) atoms. The Kier molecular flexibility index (Phi) is 4.41. The Morgan fingerprint density at radius 1 is 1.33 bits per heavy atom. The zero-order valence-electron chi connectivity index (χ0n) is 12.7. The molecule has 1 aliphatic carbocycles. The molecule has 128 valence electrons. The molecule has 2 N–H and O–H groups in total. The Morgan fingerprint density at radius 2 is 2.12 bits per heavy atom. The lowest BCUT2D eigenvalue weighted by molar-refractivity contribution is -0.137. The summed E-state index contributed by atoms with van der Waals surface area (Å²) < 4.78 is 39.8. The number of hydrogen-bond acceptors (Lipinski definition) is 4. The minimum Gasteiger partial charge on any atom is -0.376 e. The standard InChI is InChI=1S/C15H16F3N5O/c16-15(17,18)10-2-1-3-11(6-10)19-8-14(24)20-7-13-22-21-9-23(13)12-4-5-12/h1-3,6,9,12,19H,4-5,7-8H2,(H,20,24). The molecule has 1 aliphatic rings. The second-order valence-corrected chi connectivity index (χ2v) is 5.59. The van der Waals surface area contributed by atoms with Crippen molar-refractivity contribution in [1.82, 2.24) is 20.1 Å². The van der Waals surface area contributed by atoms with Crippen LogP contribution in [0.4, 0.5) is 18.9 Å². The third-order valence-corrected chi connectivity index (χ3v) is 3.67. The highest BCUT2D eigenvalue weighted by atomic mass is 19.4. The van der Waals surface area contributed by atoms with Gasteiger partial charge in [0.15, 0.2) is 5.82 Å². The van der Waals surface area contributed by atoms with Gasteiger partial charge in [0.05, 0.1) is 18.7 Å². The van der Waals surface area contributed by atoms with Gasteiger partial charge in [-0.1, -0.05) is 6.07 Å². The van der Waals surface area contributed by atoms with Gasteiger partial charge in [0.1, 0.15) is 6.33 Å². The third-order valence-electron chi connectivity index (χ3n) is 3.67. The molecule has 0 bridgehead atoms. The van der Waals surface area contributed by atoms with Gasteiger partial charge in [0.2, 0.25) is 5.91 Å². The summed E-state index contributed by atoms with van der Waals surface area (Å²) in [6.45, 7) is 0.110. The first-order valence-electron chi connectivity index (χ1n) is 7.49. The quantitative estimate of drug-likeness (QED) is 0.847. The number of nitrogens with one attached hydrogen (secondary N) is 2. The first-order valence-corrected chi connectivity index (χ1v) is 7.49. The van der Waals surface area contributed by atoms with Crippen LogP contribution >= 0.6 is 0 Å². The lowest BCUT2D eigenvalue weighted by Gasteiger charge is -2.11. The predicted molar refractivity (Wildman–Crippen MR) is 80.1 cm³/mol. The molecule has 0 radical (unpaired) electrons. The number of amides is 1. The molecule has 1 fully saturated rings. The van der Waals surface area contributed by atoms with Crippen LogP contribution in [0.15, 0.2) is 30.6 Å². The van der Waals surface area contributed by atoms with E-state index in [1.54, 1.807) is 6.33 Å². The summed E-state index contributed by atoms with van der Waals surface area (Å²) in [6.07, 6.45) is -0.612. The number of benzene rings is 1. The third kappa shape index (κ3) is 4.03. The van der Waals surface area contributed by atoms with Crippen molar-refractivity contribution in [3.63, 3.8) is 0 Å². The minimum atomic E-state index is -4.41. The van der Waals surface area contributed by atoms with Crippen molar-refractivity contribution < 1.29 is 18.0 Å². The monoisotopic (exact) mass is 339 g/mol. The fourth-order valence-electron chi connectivity index (χ4n) is 2.28. The zero-order chi connectivity index (χ0) is 17.2.